The van der Waals surface area contributed by atoms with Crippen molar-refractivity contribution in [3.05, 3.63) is 70.7 Å². The van der Waals surface area contributed by atoms with Crippen LogP contribution in [0.1, 0.15) is 0 Å². The second kappa shape index (κ2) is 6.70. The van der Waals surface area contributed by atoms with E-state index >= 15 is 0 Å². The summed E-state index contributed by atoms with van der Waals surface area (Å²) >= 11 is 13.7. The van der Waals surface area contributed by atoms with Crippen LogP contribution in [0.5, 0.6) is 0 Å². The maximum atomic E-state index is 6.30. The second-order valence-corrected chi connectivity index (χ2v) is 8.36. The van der Waals surface area contributed by atoms with Gasteiger partial charge in [0.2, 0.25) is 10.8 Å². The Morgan fingerprint density at radius 1 is 0.833 bits per heavy atom. The van der Waals surface area contributed by atoms with Crippen molar-refractivity contribution in [3.8, 4) is 33.7 Å². The molecule has 0 spiro atoms. The minimum Gasteiger partial charge on any atom is -0.453 e. The van der Waals surface area contributed by atoms with Gasteiger partial charge in [-0.1, -0.05) is 52.7 Å². The van der Waals surface area contributed by atoms with Crippen LogP contribution in [0.3, 0.4) is 0 Å². The van der Waals surface area contributed by atoms with Crippen LogP contribution in [0.2, 0.25) is 10.0 Å². The third-order valence-electron chi connectivity index (χ3n) is 4.65. The van der Waals surface area contributed by atoms with E-state index in [0.29, 0.717) is 43.1 Å². The van der Waals surface area contributed by atoms with E-state index in [-0.39, 0.29) is 0 Å². The van der Waals surface area contributed by atoms with E-state index in [0.717, 1.165) is 16.5 Å². The average Bonchev–Trinajstić information content (AvgIpc) is 3.49. The summed E-state index contributed by atoms with van der Waals surface area (Å²) in [5, 5.41) is 15.9. The summed E-state index contributed by atoms with van der Waals surface area (Å²) < 4.78 is 13.6. The van der Waals surface area contributed by atoms with Gasteiger partial charge in [-0.2, -0.15) is 4.52 Å². The molecule has 0 radical (unpaired) electrons. The number of para-hydroxylation sites is 1. The molecule has 0 aliphatic heterocycles. The minimum atomic E-state index is 0.522. The lowest BCUT2D eigenvalue weighted by molar-refractivity contribution is 0.595. The predicted molar refractivity (Wildman–Crippen MR) is 117 cm³/mol. The molecule has 6 rings (SSSR count). The summed E-state index contributed by atoms with van der Waals surface area (Å²) in [6, 6.07) is 18.7. The van der Waals surface area contributed by atoms with Gasteiger partial charge in [0.15, 0.2) is 16.5 Å². The Labute approximate surface area is 183 Å². The molecule has 0 amide bonds. The first-order chi connectivity index (χ1) is 14.7. The van der Waals surface area contributed by atoms with Gasteiger partial charge in [-0.25, -0.2) is 0 Å². The van der Waals surface area contributed by atoms with Crippen molar-refractivity contribution in [1.82, 2.24) is 19.8 Å². The van der Waals surface area contributed by atoms with E-state index in [2.05, 4.69) is 15.3 Å². The van der Waals surface area contributed by atoms with Crippen LogP contribution < -0.4 is 0 Å². The average molecular weight is 453 g/mol. The monoisotopic (exact) mass is 452 g/mol. The van der Waals surface area contributed by atoms with Crippen LogP contribution in [-0.2, 0) is 0 Å². The normalized spacial score (nSPS) is 11.7. The maximum Gasteiger partial charge on any atom is 0.235 e. The van der Waals surface area contributed by atoms with Gasteiger partial charge in [-0.15, -0.1) is 15.3 Å². The van der Waals surface area contributed by atoms with Gasteiger partial charge in [0.1, 0.15) is 11.3 Å². The molecule has 2 aromatic carbocycles. The van der Waals surface area contributed by atoms with E-state index < -0.39 is 0 Å². The van der Waals surface area contributed by atoms with Crippen LogP contribution >= 0.6 is 34.5 Å². The molecule has 4 aromatic heterocycles. The van der Waals surface area contributed by atoms with Crippen LogP contribution in [0.15, 0.2) is 69.5 Å². The van der Waals surface area contributed by atoms with Crippen molar-refractivity contribution in [2.75, 3.05) is 0 Å². The van der Waals surface area contributed by atoms with Crippen LogP contribution in [0.4, 0.5) is 0 Å². The number of benzene rings is 2. The maximum absolute atomic E-state index is 6.30. The first-order valence-electron chi connectivity index (χ1n) is 8.92. The lowest BCUT2D eigenvalue weighted by Crippen LogP contribution is -1.89. The molecule has 6 aromatic rings. The molecule has 0 atom stereocenters. The molecule has 30 heavy (non-hydrogen) atoms. The van der Waals surface area contributed by atoms with Crippen molar-refractivity contribution in [2.24, 2.45) is 0 Å². The molecular weight excluding hydrogens is 443 g/mol. The Hall–Kier alpha value is -3.13. The highest BCUT2D eigenvalue weighted by molar-refractivity contribution is 7.19. The Balaban J connectivity index is 1.41. The number of nitrogens with zero attached hydrogens (tertiary/aromatic N) is 4. The molecular formula is C21H10Cl2N4O2S. The Morgan fingerprint density at radius 2 is 1.70 bits per heavy atom. The van der Waals surface area contributed by atoms with Crippen molar-refractivity contribution >= 4 is 50.5 Å². The molecule has 4 heterocycles. The van der Waals surface area contributed by atoms with Gasteiger partial charge in [0.05, 0.1) is 5.02 Å². The molecule has 0 N–H and O–H groups in total. The van der Waals surface area contributed by atoms with Gasteiger partial charge in [-0.3, -0.25) is 0 Å². The number of hydrogen-bond acceptors (Lipinski definition) is 6. The number of fused-ring (bicyclic) bond motifs is 2. The number of halogens is 2. The smallest absolute Gasteiger partial charge is 0.235 e. The highest BCUT2D eigenvalue weighted by Crippen LogP contribution is 2.36. The van der Waals surface area contributed by atoms with Crippen molar-refractivity contribution in [3.63, 3.8) is 0 Å². The summed E-state index contributed by atoms with van der Waals surface area (Å²) in [6.45, 7) is 0. The highest BCUT2D eigenvalue weighted by atomic mass is 35.5. The molecule has 0 fully saturated rings. The van der Waals surface area contributed by atoms with E-state index in [1.807, 2.05) is 48.5 Å². The molecule has 0 saturated carbocycles. The second-order valence-electron chi connectivity index (χ2n) is 6.56. The third kappa shape index (κ3) is 2.82. The first-order valence-corrected chi connectivity index (χ1v) is 10.5. The lowest BCUT2D eigenvalue weighted by Gasteiger charge is -2.00. The number of aromatic nitrogens is 4. The Morgan fingerprint density at radius 3 is 2.57 bits per heavy atom. The SMILES string of the molecule is Clc1ccc(-c2ccc(-c3nn4c(-c5cc6ccccc6o5)nnc4s3)o2)c(Cl)c1. The van der Waals surface area contributed by atoms with E-state index in [4.69, 9.17) is 32.0 Å². The molecule has 146 valence electrons. The third-order valence-corrected chi connectivity index (χ3v) is 6.11. The fraction of sp³-hybridized carbons (Fsp3) is 0. The largest absolute Gasteiger partial charge is 0.453 e. The molecule has 0 saturated heterocycles. The highest BCUT2D eigenvalue weighted by Gasteiger charge is 2.19. The topological polar surface area (TPSA) is 69.4 Å². The summed E-state index contributed by atoms with van der Waals surface area (Å²) in [7, 11) is 0. The van der Waals surface area contributed by atoms with E-state index in [1.165, 1.54) is 11.3 Å². The minimum absolute atomic E-state index is 0.522. The van der Waals surface area contributed by atoms with E-state index in [1.54, 1.807) is 16.6 Å². The molecule has 0 unspecified atom stereocenters. The van der Waals surface area contributed by atoms with Gasteiger partial charge in [0.25, 0.3) is 0 Å². The zero-order valence-corrected chi connectivity index (χ0v) is 17.4. The zero-order valence-electron chi connectivity index (χ0n) is 15.0. The first kappa shape index (κ1) is 17.7. The van der Waals surface area contributed by atoms with Crippen molar-refractivity contribution in [2.45, 2.75) is 0 Å². The standard InChI is InChI=1S/C21H10Cl2N4O2S/c22-12-5-6-13(14(23)10-12)16-7-8-17(29-16)20-26-27-19(24-25-21(27)30-20)18-9-11-3-1-2-4-15(11)28-18/h1-10H. The lowest BCUT2D eigenvalue weighted by atomic mass is 10.2. The van der Waals surface area contributed by atoms with Gasteiger partial charge >= 0.3 is 0 Å². The Kier molecular flexibility index (Phi) is 3.95. The summed E-state index contributed by atoms with van der Waals surface area (Å²) in [5.74, 6) is 2.39. The predicted octanol–water partition coefficient (Wildman–Crippen LogP) is 6.83. The fourth-order valence-electron chi connectivity index (χ4n) is 3.25. The number of rotatable bonds is 3. The molecule has 0 aliphatic carbocycles. The summed E-state index contributed by atoms with van der Waals surface area (Å²) in [6.07, 6.45) is 0. The molecule has 0 aliphatic rings. The van der Waals surface area contributed by atoms with Crippen LogP contribution in [-0.4, -0.2) is 19.8 Å². The number of furan rings is 2. The van der Waals surface area contributed by atoms with Crippen molar-refractivity contribution in [1.29, 1.82) is 0 Å². The van der Waals surface area contributed by atoms with Gasteiger partial charge in [0, 0.05) is 16.0 Å². The molecule has 0 bridgehead atoms. The summed E-state index contributed by atoms with van der Waals surface area (Å²) in [5.41, 5.74) is 1.55. The van der Waals surface area contributed by atoms with E-state index in [9.17, 15) is 0 Å². The molecule has 6 nitrogen and oxygen atoms in total. The van der Waals surface area contributed by atoms with Crippen molar-refractivity contribution < 1.29 is 8.83 Å². The fourth-order valence-corrected chi connectivity index (χ4v) is 4.55. The van der Waals surface area contributed by atoms with Crippen LogP contribution in [0, 0.1) is 0 Å². The number of hydrogen-bond donors (Lipinski definition) is 0. The van der Waals surface area contributed by atoms with Gasteiger partial charge in [-0.05, 0) is 42.5 Å². The molecule has 9 heteroatoms. The van der Waals surface area contributed by atoms with Crippen LogP contribution in [0.25, 0.3) is 49.6 Å². The quantitative estimate of drug-likeness (QED) is 0.294. The Bertz CT molecular complexity index is 1510. The summed E-state index contributed by atoms with van der Waals surface area (Å²) in [4.78, 5) is 0.642. The van der Waals surface area contributed by atoms with Gasteiger partial charge < -0.3 is 8.83 Å². The zero-order chi connectivity index (χ0) is 20.2.